The maximum atomic E-state index is 11.1. The van der Waals surface area contributed by atoms with Crippen LogP contribution < -0.4 is 9.47 Å². The van der Waals surface area contributed by atoms with Crippen molar-refractivity contribution < 1.29 is 19.3 Å². The molecule has 1 aliphatic rings. The fourth-order valence-electron chi connectivity index (χ4n) is 3.81. The lowest BCUT2D eigenvalue weighted by Crippen LogP contribution is -2.48. The lowest BCUT2D eigenvalue weighted by atomic mass is 10.1. The number of β-amino-alcohol motifs (C(OH)–C–C–N with tert-alkyl or cyclic N) is 1. The summed E-state index contributed by atoms with van der Waals surface area (Å²) in [5, 5.41) is 16.1. The monoisotopic (exact) mass is 471 g/mol. The third kappa shape index (κ3) is 7.20. The first-order valence-corrected chi connectivity index (χ1v) is 11.5. The van der Waals surface area contributed by atoms with E-state index in [0.29, 0.717) is 43.6 Å². The van der Waals surface area contributed by atoms with Gasteiger partial charge in [0.15, 0.2) is 0 Å². The first kappa shape index (κ1) is 23.6. The van der Waals surface area contributed by atoms with Gasteiger partial charge in [-0.3, -0.25) is 9.58 Å². The van der Waals surface area contributed by atoms with Gasteiger partial charge < -0.3 is 19.3 Å². The molecule has 1 N–H and O–H groups in total. The zero-order valence-corrected chi connectivity index (χ0v) is 19.6. The van der Waals surface area contributed by atoms with Crippen molar-refractivity contribution in [1.29, 1.82) is 0 Å². The van der Waals surface area contributed by atoms with Crippen LogP contribution in [0.1, 0.15) is 11.1 Å². The summed E-state index contributed by atoms with van der Waals surface area (Å²) in [6.07, 6.45) is 3.84. The molecule has 8 heteroatoms. The minimum atomic E-state index is -1.11. The largest absolute Gasteiger partial charge is 0.492 e. The van der Waals surface area contributed by atoms with Crippen LogP contribution >= 0.6 is 11.6 Å². The van der Waals surface area contributed by atoms with E-state index in [2.05, 4.69) is 16.1 Å². The van der Waals surface area contributed by atoms with E-state index in [1.165, 1.54) is 0 Å². The van der Waals surface area contributed by atoms with Crippen LogP contribution in [0.2, 0.25) is 5.02 Å². The summed E-state index contributed by atoms with van der Waals surface area (Å²) < 4.78 is 19.3. The second-order valence-electron chi connectivity index (χ2n) is 8.51. The van der Waals surface area contributed by atoms with Crippen molar-refractivity contribution in [3.8, 4) is 11.5 Å². The van der Waals surface area contributed by atoms with Crippen LogP contribution in [-0.4, -0.2) is 64.9 Å². The van der Waals surface area contributed by atoms with E-state index in [0.717, 1.165) is 23.4 Å². The fraction of sp³-hybridized carbons (Fsp3) is 0.400. The van der Waals surface area contributed by atoms with Crippen molar-refractivity contribution in [1.82, 2.24) is 14.7 Å². The van der Waals surface area contributed by atoms with Crippen molar-refractivity contribution in [2.24, 2.45) is 0 Å². The van der Waals surface area contributed by atoms with Gasteiger partial charge >= 0.3 is 0 Å². The summed E-state index contributed by atoms with van der Waals surface area (Å²) in [5.74, 6) is 1.49. The normalized spacial score (nSPS) is 19.2. The van der Waals surface area contributed by atoms with E-state index in [-0.39, 0.29) is 13.2 Å². The van der Waals surface area contributed by atoms with Crippen LogP contribution in [0.4, 0.5) is 0 Å². The summed E-state index contributed by atoms with van der Waals surface area (Å²) in [5.41, 5.74) is 1.15. The molecular weight excluding hydrogens is 442 g/mol. The van der Waals surface area contributed by atoms with Crippen molar-refractivity contribution in [3.63, 3.8) is 0 Å². The lowest BCUT2D eigenvalue weighted by Gasteiger charge is -2.30. The van der Waals surface area contributed by atoms with Crippen molar-refractivity contribution >= 4 is 11.6 Å². The maximum Gasteiger partial charge on any atom is 0.134 e. The Kier molecular flexibility index (Phi) is 7.88. The molecule has 1 fully saturated rings. The van der Waals surface area contributed by atoms with Gasteiger partial charge in [-0.05, 0) is 54.4 Å². The van der Waals surface area contributed by atoms with E-state index in [1.54, 1.807) is 24.3 Å². The topological polar surface area (TPSA) is 69.0 Å². The van der Waals surface area contributed by atoms with Crippen LogP contribution in [0.3, 0.4) is 0 Å². The fourth-order valence-corrected chi connectivity index (χ4v) is 3.93. The molecule has 1 aliphatic heterocycles. The molecule has 2 heterocycles. The summed E-state index contributed by atoms with van der Waals surface area (Å²) in [6.45, 7) is 6.05. The number of rotatable bonds is 9. The summed E-state index contributed by atoms with van der Waals surface area (Å²) in [7, 11) is 0. The molecule has 0 amide bonds. The molecular formula is C25H30ClN3O4. The third-order valence-corrected chi connectivity index (χ3v) is 5.67. The number of nitrogens with zero attached hydrogens (tertiary/aromatic N) is 3. The Balaban J connectivity index is 1.31. The number of aromatic nitrogens is 2. The molecule has 1 saturated heterocycles. The molecule has 33 heavy (non-hydrogen) atoms. The molecule has 0 bridgehead atoms. The van der Waals surface area contributed by atoms with E-state index in [9.17, 15) is 5.11 Å². The second kappa shape index (κ2) is 11.0. The van der Waals surface area contributed by atoms with Gasteiger partial charge in [-0.15, -0.1) is 0 Å². The molecule has 1 aromatic heterocycles. The van der Waals surface area contributed by atoms with Gasteiger partial charge in [-0.2, -0.15) is 5.10 Å². The summed E-state index contributed by atoms with van der Waals surface area (Å²) in [4.78, 5) is 2.18. The molecule has 0 saturated carbocycles. The Bertz CT molecular complexity index is 1030. The van der Waals surface area contributed by atoms with Gasteiger partial charge in [-0.1, -0.05) is 23.7 Å². The zero-order valence-electron chi connectivity index (χ0n) is 18.8. The summed E-state index contributed by atoms with van der Waals surface area (Å²) in [6, 6.07) is 15.2. The standard InChI is InChI=1S/C25H30ClN3O4/c1-20-14-27-29(15-20)10-12-32-24-4-2-3-21(13-24)16-28-9-11-31-18-25(30,17-28)19-33-23-7-5-22(26)6-8-23/h2-8,13-15,30H,9-12,16-19H2,1H3/t25-/m0/s1. The molecule has 2 aromatic carbocycles. The number of hydrogen-bond acceptors (Lipinski definition) is 6. The minimum Gasteiger partial charge on any atom is -0.492 e. The van der Waals surface area contributed by atoms with E-state index in [4.69, 9.17) is 25.8 Å². The van der Waals surface area contributed by atoms with Crippen molar-refractivity contribution in [3.05, 3.63) is 77.1 Å². The predicted octanol–water partition coefficient (Wildman–Crippen LogP) is 3.57. The number of benzene rings is 2. The van der Waals surface area contributed by atoms with Crippen LogP contribution in [0.15, 0.2) is 60.9 Å². The van der Waals surface area contributed by atoms with E-state index < -0.39 is 5.60 Å². The van der Waals surface area contributed by atoms with Crippen LogP contribution in [0.25, 0.3) is 0 Å². The Morgan fingerprint density at radius 2 is 2.00 bits per heavy atom. The number of aryl methyl sites for hydroxylation is 1. The first-order chi connectivity index (χ1) is 16.0. The molecule has 7 nitrogen and oxygen atoms in total. The van der Waals surface area contributed by atoms with Gasteiger partial charge in [0.05, 0.1) is 26.0 Å². The van der Waals surface area contributed by atoms with Crippen LogP contribution in [0, 0.1) is 6.92 Å². The average molecular weight is 472 g/mol. The second-order valence-corrected chi connectivity index (χ2v) is 8.94. The van der Waals surface area contributed by atoms with Gasteiger partial charge in [0.25, 0.3) is 0 Å². The molecule has 0 radical (unpaired) electrons. The smallest absolute Gasteiger partial charge is 0.134 e. The first-order valence-electron chi connectivity index (χ1n) is 11.1. The van der Waals surface area contributed by atoms with E-state index >= 15 is 0 Å². The van der Waals surface area contributed by atoms with Crippen molar-refractivity contribution in [2.75, 3.05) is 39.5 Å². The highest BCUT2D eigenvalue weighted by Crippen LogP contribution is 2.21. The van der Waals surface area contributed by atoms with Gasteiger partial charge in [-0.25, -0.2) is 0 Å². The quantitative estimate of drug-likeness (QED) is 0.514. The number of ether oxygens (including phenoxy) is 3. The molecule has 0 aliphatic carbocycles. The molecule has 3 aromatic rings. The highest BCUT2D eigenvalue weighted by Gasteiger charge is 2.33. The van der Waals surface area contributed by atoms with Crippen LogP contribution in [-0.2, 0) is 17.8 Å². The average Bonchev–Trinajstić information content (AvgIpc) is 3.12. The maximum absolute atomic E-state index is 11.1. The molecule has 0 spiro atoms. The Morgan fingerprint density at radius 3 is 2.79 bits per heavy atom. The SMILES string of the molecule is Cc1cnn(CCOc2cccc(CN3CCOC[C@](O)(COc4ccc(Cl)cc4)C3)c2)c1. The number of aliphatic hydroxyl groups is 1. The minimum absolute atomic E-state index is 0.140. The van der Waals surface area contributed by atoms with Crippen LogP contribution in [0.5, 0.6) is 11.5 Å². The van der Waals surface area contributed by atoms with Gasteiger partial charge in [0, 0.05) is 30.9 Å². The molecule has 0 unspecified atom stereocenters. The Morgan fingerprint density at radius 1 is 1.15 bits per heavy atom. The molecule has 1 atom stereocenters. The van der Waals surface area contributed by atoms with Crippen molar-refractivity contribution in [2.45, 2.75) is 25.6 Å². The highest BCUT2D eigenvalue weighted by atomic mass is 35.5. The number of halogens is 1. The zero-order chi connectivity index (χ0) is 23.1. The summed E-state index contributed by atoms with van der Waals surface area (Å²) >= 11 is 5.93. The lowest BCUT2D eigenvalue weighted by molar-refractivity contribution is -0.0646. The highest BCUT2D eigenvalue weighted by molar-refractivity contribution is 6.30. The third-order valence-electron chi connectivity index (χ3n) is 5.42. The van der Waals surface area contributed by atoms with Gasteiger partial charge in [0.2, 0.25) is 0 Å². The van der Waals surface area contributed by atoms with E-state index in [1.807, 2.05) is 42.2 Å². The van der Waals surface area contributed by atoms with Gasteiger partial charge in [0.1, 0.15) is 30.3 Å². The molecule has 4 rings (SSSR count). The Labute approximate surface area is 199 Å². The Hall–Kier alpha value is -2.58. The number of hydrogen-bond donors (Lipinski definition) is 1. The molecule has 176 valence electrons. The predicted molar refractivity (Wildman–Crippen MR) is 127 cm³/mol.